The average Bonchev–Trinajstić information content (AvgIpc) is 2.50. The zero-order chi connectivity index (χ0) is 10.7. The van der Waals surface area contributed by atoms with Crippen LogP contribution >= 0.6 is 11.3 Å². The number of rotatable bonds is 4. The van der Waals surface area contributed by atoms with Crippen molar-refractivity contribution in [2.75, 3.05) is 14.1 Å². The van der Waals surface area contributed by atoms with Crippen molar-refractivity contribution in [3.63, 3.8) is 0 Å². The van der Waals surface area contributed by atoms with E-state index in [2.05, 4.69) is 29.1 Å². The van der Waals surface area contributed by atoms with Gasteiger partial charge >= 0.3 is 0 Å². The lowest BCUT2D eigenvalue weighted by Crippen LogP contribution is -2.17. The molecule has 4 heteroatoms. The van der Waals surface area contributed by atoms with E-state index in [0.717, 1.165) is 17.2 Å². The second-order valence-corrected chi connectivity index (χ2v) is 5.12. The summed E-state index contributed by atoms with van der Waals surface area (Å²) < 4.78 is 0. The minimum absolute atomic E-state index is 0.0714. The van der Waals surface area contributed by atoms with Crippen molar-refractivity contribution in [1.29, 1.82) is 0 Å². The van der Waals surface area contributed by atoms with Crippen molar-refractivity contribution in [3.05, 3.63) is 16.1 Å². The molecule has 0 amide bonds. The molecule has 0 aliphatic carbocycles. The molecule has 0 saturated heterocycles. The van der Waals surface area contributed by atoms with E-state index in [9.17, 15) is 0 Å². The fourth-order valence-corrected chi connectivity index (χ4v) is 2.12. The van der Waals surface area contributed by atoms with E-state index in [0.29, 0.717) is 5.92 Å². The van der Waals surface area contributed by atoms with Crippen LogP contribution in [0.2, 0.25) is 0 Å². The van der Waals surface area contributed by atoms with Gasteiger partial charge in [-0.3, -0.25) is 0 Å². The summed E-state index contributed by atoms with van der Waals surface area (Å²) in [5, 5.41) is 3.21. The van der Waals surface area contributed by atoms with E-state index in [1.807, 2.05) is 14.1 Å². The van der Waals surface area contributed by atoms with Crippen molar-refractivity contribution < 1.29 is 0 Å². The molecule has 0 spiro atoms. The van der Waals surface area contributed by atoms with Gasteiger partial charge in [-0.15, -0.1) is 11.3 Å². The minimum atomic E-state index is 0.0714. The third-order valence-corrected chi connectivity index (χ3v) is 2.93. The van der Waals surface area contributed by atoms with Gasteiger partial charge in [-0.2, -0.15) is 0 Å². The highest BCUT2D eigenvalue weighted by atomic mass is 32.1. The maximum atomic E-state index is 6.01. The van der Waals surface area contributed by atoms with Gasteiger partial charge < -0.3 is 10.6 Å². The maximum absolute atomic E-state index is 6.01. The molecule has 1 aromatic heterocycles. The molecule has 3 nitrogen and oxygen atoms in total. The minimum Gasteiger partial charge on any atom is -0.322 e. The molecule has 0 saturated carbocycles. The zero-order valence-corrected chi connectivity index (χ0v) is 10.1. The van der Waals surface area contributed by atoms with Crippen LogP contribution in [0.4, 0.5) is 0 Å². The molecular weight excluding hydrogens is 194 g/mol. The van der Waals surface area contributed by atoms with Crippen LogP contribution in [0, 0.1) is 5.92 Å². The van der Waals surface area contributed by atoms with Gasteiger partial charge in [0.25, 0.3) is 0 Å². The highest BCUT2D eigenvalue weighted by Gasteiger charge is 2.13. The van der Waals surface area contributed by atoms with Gasteiger partial charge in [-0.1, -0.05) is 13.8 Å². The van der Waals surface area contributed by atoms with Crippen LogP contribution in [-0.2, 0) is 6.54 Å². The molecule has 1 unspecified atom stereocenters. The Morgan fingerprint density at radius 2 is 2.14 bits per heavy atom. The van der Waals surface area contributed by atoms with Crippen LogP contribution in [0.25, 0.3) is 0 Å². The Morgan fingerprint density at radius 1 is 1.50 bits per heavy atom. The lowest BCUT2D eigenvalue weighted by molar-refractivity contribution is 0.400. The average molecular weight is 213 g/mol. The summed E-state index contributed by atoms with van der Waals surface area (Å²) in [6.07, 6.45) is 0. The van der Waals surface area contributed by atoms with Gasteiger partial charge in [-0.25, -0.2) is 4.98 Å². The number of hydrogen-bond donors (Lipinski definition) is 1. The van der Waals surface area contributed by atoms with Crippen molar-refractivity contribution in [2.45, 2.75) is 26.4 Å². The number of hydrogen-bond acceptors (Lipinski definition) is 4. The molecule has 1 atom stereocenters. The van der Waals surface area contributed by atoms with Crippen molar-refractivity contribution in [3.8, 4) is 0 Å². The van der Waals surface area contributed by atoms with Crippen LogP contribution in [0.3, 0.4) is 0 Å². The monoisotopic (exact) mass is 213 g/mol. The van der Waals surface area contributed by atoms with E-state index in [1.165, 1.54) is 0 Å². The van der Waals surface area contributed by atoms with Crippen LogP contribution in [0.1, 0.15) is 30.6 Å². The first kappa shape index (κ1) is 11.6. The third-order valence-electron chi connectivity index (χ3n) is 2.08. The lowest BCUT2D eigenvalue weighted by atomic mass is 10.0. The highest BCUT2D eigenvalue weighted by Crippen LogP contribution is 2.21. The zero-order valence-electron chi connectivity index (χ0n) is 9.32. The molecule has 0 bridgehead atoms. The summed E-state index contributed by atoms with van der Waals surface area (Å²) in [4.78, 5) is 6.64. The van der Waals surface area contributed by atoms with Crippen LogP contribution in [-0.4, -0.2) is 24.0 Å². The van der Waals surface area contributed by atoms with E-state index in [1.54, 1.807) is 11.3 Å². The summed E-state index contributed by atoms with van der Waals surface area (Å²) in [7, 11) is 4.09. The van der Waals surface area contributed by atoms with Crippen LogP contribution in [0.5, 0.6) is 0 Å². The number of aromatic nitrogens is 1. The Hall–Kier alpha value is -0.450. The Kier molecular flexibility index (Phi) is 4.04. The molecule has 14 heavy (non-hydrogen) atoms. The Bertz CT molecular complexity index is 281. The second kappa shape index (κ2) is 4.87. The van der Waals surface area contributed by atoms with E-state index in [-0.39, 0.29) is 6.04 Å². The van der Waals surface area contributed by atoms with E-state index in [4.69, 9.17) is 5.73 Å². The van der Waals surface area contributed by atoms with E-state index >= 15 is 0 Å². The van der Waals surface area contributed by atoms with Gasteiger partial charge in [-0.05, 0) is 20.0 Å². The van der Waals surface area contributed by atoms with Crippen LogP contribution < -0.4 is 5.73 Å². The van der Waals surface area contributed by atoms with Crippen LogP contribution in [0.15, 0.2) is 5.38 Å². The summed E-state index contributed by atoms with van der Waals surface area (Å²) in [6.45, 7) is 5.14. The van der Waals surface area contributed by atoms with Crippen molar-refractivity contribution >= 4 is 11.3 Å². The summed E-state index contributed by atoms with van der Waals surface area (Å²) in [6, 6.07) is 0.0714. The molecule has 1 heterocycles. The quantitative estimate of drug-likeness (QED) is 0.830. The number of nitrogens with two attached hydrogens (primary N) is 1. The first-order valence-electron chi connectivity index (χ1n) is 4.85. The second-order valence-electron chi connectivity index (χ2n) is 4.17. The molecule has 0 aliphatic rings. The predicted octanol–water partition coefficient (Wildman–Crippen LogP) is 1.86. The maximum Gasteiger partial charge on any atom is 0.107 e. The van der Waals surface area contributed by atoms with Crippen molar-refractivity contribution in [1.82, 2.24) is 9.88 Å². The molecule has 0 aliphatic heterocycles. The largest absolute Gasteiger partial charge is 0.322 e. The molecule has 1 aromatic rings. The molecular formula is C10H19N3S. The molecule has 0 fully saturated rings. The van der Waals surface area contributed by atoms with Crippen molar-refractivity contribution in [2.24, 2.45) is 11.7 Å². The fourth-order valence-electron chi connectivity index (χ4n) is 1.16. The fraction of sp³-hybridized carbons (Fsp3) is 0.700. The van der Waals surface area contributed by atoms with Gasteiger partial charge in [0.2, 0.25) is 0 Å². The molecule has 2 N–H and O–H groups in total. The Balaban J connectivity index is 2.67. The Morgan fingerprint density at radius 3 is 2.64 bits per heavy atom. The number of nitrogens with zero attached hydrogens (tertiary/aromatic N) is 2. The first-order valence-corrected chi connectivity index (χ1v) is 5.73. The normalized spacial score (nSPS) is 13.9. The Labute approximate surface area is 89.9 Å². The lowest BCUT2D eigenvalue weighted by Gasteiger charge is -2.12. The standard InChI is InChI=1S/C10H19N3S/c1-7(2)10(11)8-6-14-9(12-8)5-13(3)4/h6-7,10H,5,11H2,1-4H3. The third kappa shape index (κ3) is 3.04. The molecule has 0 radical (unpaired) electrons. The van der Waals surface area contributed by atoms with Gasteiger partial charge in [0.1, 0.15) is 5.01 Å². The highest BCUT2D eigenvalue weighted by molar-refractivity contribution is 7.09. The molecule has 80 valence electrons. The smallest absolute Gasteiger partial charge is 0.107 e. The van der Waals surface area contributed by atoms with Gasteiger partial charge in [0.05, 0.1) is 11.7 Å². The van der Waals surface area contributed by atoms with Gasteiger partial charge in [0.15, 0.2) is 0 Å². The number of thiazole rings is 1. The summed E-state index contributed by atoms with van der Waals surface area (Å²) in [5.74, 6) is 0.448. The van der Waals surface area contributed by atoms with Gasteiger partial charge in [0, 0.05) is 11.9 Å². The van der Waals surface area contributed by atoms with E-state index < -0.39 is 0 Å². The first-order chi connectivity index (χ1) is 6.50. The molecule has 0 aromatic carbocycles. The molecule has 1 rings (SSSR count). The SMILES string of the molecule is CC(C)C(N)c1csc(CN(C)C)n1. The topological polar surface area (TPSA) is 42.1 Å². The predicted molar refractivity (Wildman–Crippen MR) is 61.3 cm³/mol. The summed E-state index contributed by atoms with van der Waals surface area (Å²) in [5.41, 5.74) is 7.04. The summed E-state index contributed by atoms with van der Waals surface area (Å²) >= 11 is 1.69.